The van der Waals surface area contributed by atoms with Crippen LogP contribution in [0.4, 0.5) is 10.5 Å². The molecule has 7 nitrogen and oxygen atoms in total. The van der Waals surface area contributed by atoms with Crippen LogP contribution >= 0.6 is 39.1 Å². The minimum Gasteiger partial charge on any atom is -0.490 e. The molecule has 0 aliphatic carbocycles. The molecule has 4 amide bonds. The summed E-state index contributed by atoms with van der Waals surface area (Å²) in [6, 6.07) is 16.1. The summed E-state index contributed by atoms with van der Waals surface area (Å²) >= 11 is 15.9. The van der Waals surface area contributed by atoms with Crippen molar-refractivity contribution >= 4 is 68.7 Å². The lowest BCUT2D eigenvalue weighted by Gasteiger charge is -2.26. The van der Waals surface area contributed by atoms with Crippen LogP contribution in [0, 0.1) is 0 Å². The molecule has 1 aliphatic heterocycles. The van der Waals surface area contributed by atoms with Crippen LogP contribution in [-0.2, 0) is 16.2 Å². The Labute approximate surface area is 225 Å². The van der Waals surface area contributed by atoms with E-state index in [1.165, 1.54) is 6.08 Å². The molecule has 1 saturated heterocycles. The molecule has 0 radical (unpaired) electrons. The van der Waals surface area contributed by atoms with Crippen molar-refractivity contribution in [2.75, 3.05) is 11.5 Å². The van der Waals surface area contributed by atoms with E-state index in [2.05, 4.69) is 21.2 Å². The summed E-state index contributed by atoms with van der Waals surface area (Å²) in [6.07, 6.45) is 1.35. The lowest BCUT2D eigenvalue weighted by Crippen LogP contribution is -2.54. The quantitative estimate of drug-likeness (QED) is 0.255. The molecule has 0 aromatic heterocycles. The van der Waals surface area contributed by atoms with Crippen molar-refractivity contribution in [2.45, 2.75) is 13.5 Å². The highest BCUT2D eigenvalue weighted by atomic mass is 79.9. The van der Waals surface area contributed by atoms with Crippen molar-refractivity contribution in [1.82, 2.24) is 5.32 Å². The number of rotatable bonds is 7. The van der Waals surface area contributed by atoms with E-state index in [1.54, 1.807) is 55.5 Å². The Kier molecular flexibility index (Phi) is 7.98. The Bertz CT molecular complexity index is 1380. The largest absolute Gasteiger partial charge is 0.490 e. The second-order valence-corrected chi connectivity index (χ2v) is 9.38. The van der Waals surface area contributed by atoms with E-state index >= 15 is 0 Å². The molecule has 3 aromatic carbocycles. The van der Waals surface area contributed by atoms with Gasteiger partial charge in [0.15, 0.2) is 11.5 Å². The molecular formula is C26H19BrCl2N2O5. The van der Waals surface area contributed by atoms with Crippen molar-refractivity contribution in [3.8, 4) is 11.5 Å². The number of barbiturate groups is 1. The van der Waals surface area contributed by atoms with Gasteiger partial charge in [-0.2, -0.15) is 0 Å². The lowest BCUT2D eigenvalue weighted by atomic mass is 10.1. The smallest absolute Gasteiger partial charge is 0.335 e. The van der Waals surface area contributed by atoms with E-state index in [9.17, 15) is 14.4 Å². The fourth-order valence-corrected chi connectivity index (χ4v) is 4.26. The molecule has 36 heavy (non-hydrogen) atoms. The summed E-state index contributed by atoms with van der Waals surface area (Å²) in [7, 11) is 0. The predicted octanol–water partition coefficient (Wildman–Crippen LogP) is 6.40. The maximum atomic E-state index is 13.1. The molecule has 0 saturated carbocycles. The van der Waals surface area contributed by atoms with Gasteiger partial charge >= 0.3 is 6.03 Å². The van der Waals surface area contributed by atoms with Gasteiger partial charge in [-0.15, -0.1) is 0 Å². The van der Waals surface area contributed by atoms with E-state index in [4.69, 9.17) is 32.7 Å². The van der Waals surface area contributed by atoms with Crippen LogP contribution < -0.4 is 19.7 Å². The lowest BCUT2D eigenvalue weighted by molar-refractivity contribution is -0.122. The molecule has 0 unspecified atom stereocenters. The van der Waals surface area contributed by atoms with Crippen LogP contribution in [0.15, 0.2) is 70.7 Å². The maximum Gasteiger partial charge on any atom is 0.335 e. The van der Waals surface area contributed by atoms with Crippen molar-refractivity contribution < 1.29 is 23.9 Å². The number of anilines is 1. The standard InChI is InChI=1S/C26H19BrCl2N2O5/c1-2-35-22-13-16(12-21(29)23(22)36-14-15-4-3-5-18(28)10-15)11-20-24(32)30-26(34)31(25(20)33)19-8-6-17(27)7-9-19/h3-13H,2,14H2,1H3,(H,30,32,34)/b20-11+. The van der Waals surface area contributed by atoms with Gasteiger partial charge in [0, 0.05) is 9.50 Å². The number of carbonyl (C=O) groups is 3. The Balaban J connectivity index is 1.65. The number of amides is 4. The van der Waals surface area contributed by atoms with Crippen LogP contribution in [0.2, 0.25) is 10.0 Å². The van der Waals surface area contributed by atoms with Gasteiger partial charge in [0.1, 0.15) is 12.2 Å². The third-order valence-electron chi connectivity index (χ3n) is 5.10. The van der Waals surface area contributed by atoms with Crippen LogP contribution in [-0.4, -0.2) is 24.5 Å². The van der Waals surface area contributed by atoms with Crippen molar-refractivity contribution in [2.24, 2.45) is 0 Å². The van der Waals surface area contributed by atoms with Crippen LogP contribution in [0.1, 0.15) is 18.1 Å². The zero-order valence-electron chi connectivity index (χ0n) is 18.9. The molecule has 3 aromatic rings. The van der Waals surface area contributed by atoms with Crippen molar-refractivity contribution in [3.63, 3.8) is 0 Å². The van der Waals surface area contributed by atoms with Gasteiger partial charge in [-0.3, -0.25) is 14.9 Å². The number of ether oxygens (including phenoxy) is 2. The number of halogens is 3. The number of nitrogens with one attached hydrogen (secondary N) is 1. The van der Waals surface area contributed by atoms with Crippen LogP contribution in [0.25, 0.3) is 6.08 Å². The van der Waals surface area contributed by atoms with E-state index in [0.717, 1.165) is 14.9 Å². The molecule has 0 bridgehead atoms. The molecule has 0 spiro atoms. The molecule has 1 N–H and O–H groups in total. The zero-order chi connectivity index (χ0) is 25.8. The van der Waals surface area contributed by atoms with E-state index in [1.807, 2.05) is 12.1 Å². The highest BCUT2D eigenvalue weighted by Gasteiger charge is 2.36. The first kappa shape index (κ1) is 25.8. The number of urea groups is 1. The van der Waals surface area contributed by atoms with Gasteiger partial charge in [0.05, 0.1) is 17.3 Å². The Hall–Kier alpha value is -3.33. The molecule has 10 heteroatoms. The first-order valence-electron chi connectivity index (χ1n) is 10.8. The van der Waals surface area contributed by atoms with Crippen molar-refractivity contribution in [3.05, 3.63) is 91.9 Å². The molecule has 1 heterocycles. The molecular weight excluding hydrogens is 571 g/mol. The molecule has 1 aliphatic rings. The van der Waals surface area contributed by atoms with Crippen LogP contribution in [0.5, 0.6) is 11.5 Å². The second-order valence-electron chi connectivity index (χ2n) is 7.62. The fraction of sp³-hybridized carbons (Fsp3) is 0.115. The number of nitrogens with zero attached hydrogens (tertiary/aromatic N) is 1. The highest BCUT2D eigenvalue weighted by Crippen LogP contribution is 2.38. The number of hydrogen-bond donors (Lipinski definition) is 1. The van der Waals surface area contributed by atoms with Crippen molar-refractivity contribution in [1.29, 1.82) is 0 Å². The zero-order valence-corrected chi connectivity index (χ0v) is 22.0. The van der Waals surface area contributed by atoms with Crippen LogP contribution in [0.3, 0.4) is 0 Å². The third kappa shape index (κ3) is 5.73. The second kappa shape index (κ2) is 11.2. The highest BCUT2D eigenvalue weighted by molar-refractivity contribution is 9.10. The summed E-state index contributed by atoms with van der Waals surface area (Å²) in [5.74, 6) is -0.926. The van der Waals surface area contributed by atoms with Gasteiger partial charge in [-0.25, -0.2) is 9.69 Å². The third-order valence-corrected chi connectivity index (χ3v) is 6.15. The van der Waals surface area contributed by atoms with Gasteiger partial charge in [0.2, 0.25) is 0 Å². The first-order valence-corrected chi connectivity index (χ1v) is 12.3. The summed E-state index contributed by atoms with van der Waals surface area (Å²) < 4.78 is 12.4. The number of hydrogen-bond acceptors (Lipinski definition) is 5. The average molecular weight is 590 g/mol. The fourth-order valence-electron chi connectivity index (χ4n) is 3.51. The number of benzene rings is 3. The average Bonchev–Trinajstić information content (AvgIpc) is 2.82. The van der Waals surface area contributed by atoms with E-state index in [-0.39, 0.29) is 17.2 Å². The Morgan fingerprint density at radius 2 is 1.75 bits per heavy atom. The predicted molar refractivity (Wildman–Crippen MR) is 142 cm³/mol. The minimum absolute atomic E-state index is 0.200. The van der Waals surface area contributed by atoms with E-state index in [0.29, 0.717) is 34.4 Å². The summed E-state index contributed by atoms with van der Waals surface area (Å²) in [6.45, 7) is 2.33. The molecule has 0 atom stereocenters. The molecule has 4 rings (SSSR count). The van der Waals surface area contributed by atoms with Gasteiger partial charge < -0.3 is 9.47 Å². The Morgan fingerprint density at radius 1 is 1.00 bits per heavy atom. The first-order chi connectivity index (χ1) is 17.3. The summed E-state index contributed by atoms with van der Waals surface area (Å²) in [4.78, 5) is 39.0. The Morgan fingerprint density at radius 3 is 2.44 bits per heavy atom. The number of carbonyl (C=O) groups excluding carboxylic acids is 3. The molecule has 184 valence electrons. The van der Waals surface area contributed by atoms with Gasteiger partial charge in [0.25, 0.3) is 11.8 Å². The number of imide groups is 2. The normalized spacial score (nSPS) is 14.7. The summed E-state index contributed by atoms with van der Waals surface area (Å²) in [5.41, 5.74) is 1.34. The monoisotopic (exact) mass is 588 g/mol. The van der Waals surface area contributed by atoms with Gasteiger partial charge in [-0.05, 0) is 72.7 Å². The maximum absolute atomic E-state index is 13.1. The van der Waals surface area contributed by atoms with E-state index < -0.39 is 17.8 Å². The topological polar surface area (TPSA) is 84.9 Å². The SMILES string of the molecule is CCOc1cc(/C=C2\C(=O)NC(=O)N(c3ccc(Br)cc3)C2=O)cc(Cl)c1OCc1cccc(Cl)c1. The minimum atomic E-state index is -0.831. The van der Waals surface area contributed by atoms with Gasteiger partial charge in [-0.1, -0.05) is 51.3 Å². The summed E-state index contributed by atoms with van der Waals surface area (Å²) in [5, 5.41) is 3.00. The molecule has 1 fully saturated rings.